The molecule has 2 nitrogen and oxygen atoms in total. The van der Waals surface area contributed by atoms with Crippen molar-refractivity contribution in [3.63, 3.8) is 0 Å². The number of hydrogen-bond acceptors (Lipinski definition) is 3. The molecule has 3 heteroatoms. The van der Waals surface area contributed by atoms with Gasteiger partial charge in [0.25, 0.3) is 0 Å². The monoisotopic (exact) mass is 190 g/mol. The number of nitrogens with zero attached hydrogens (tertiary/aromatic N) is 2. The van der Waals surface area contributed by atoms with Gasteiger partial charge in [-0.2, -0.15) is 10.3 Å². The molecule has 0 N–H and O–H groups in total. The Morgan fingerprint density at radius 3 is 2.15 bits per heavy atom. The first-order chi connectivity index (χ1) is 6.24. The van der Waals surface area contributed by atoms with Gasteiger partial charge in [-0.3, -0.25) is 0 Å². The molecule has 0 fully saturated rings. The van der Waals surface area contributed by atoms with Crippen LogP contribution in [0, 0.1) is 18.3 Å². The maximum Gasteiger partial charge on any atom is 0.0739 e. The van der Waals surface area contributed by atoms with Gasteiger partial charge in [0, 0.05) is 6.92 Å². The highest BCUT2D eigenvalue weighted by Crippen LogP contribution is 2.10. The number of nitriles is 1. The highest BCUT2D eigenvalue weighted by Gasteiger charge is 1.84. The van der Waals surface area contributed by atoms with Crippen molar-refractivity contribution in [2.45, 2.75) is 13.8 Å². The Labute approximate surface area is 83.5 Å². The largest absolute Gasteiger partial charge is 0.199 e. The summed E-state index contributed by atoms with van der Waals surface area (Å²) in [7, 11) is 0. The molecular formula is C10H10N2S. The molecule has 0 unspecified atom stereocenters. The first-order valence-electron chi connectivity index (χ1n) is 3.70. The topological polar surface area (TPSA) is 36.1 Å². The van der Waals surface area contributed by atoms with E-state index in [-0.39, 0.29) is 0 Å². The SMILES string of the molecule is CC#N.Cc1ccc(N=C=S)cc1. The summed E-state index contributed by atoms with van der Waals surface area (Å²) in [6.45, 7) is 3.46. The van der Waals surface area contributed by atoms with Crippen LogP contribution in [0.1, 0.15) is 12.5 Å². The summed E-state index contributed by atoms with van der Waals surface area (Å²) >= 11 is 4.45. The van der Waals surface area contributed by atoms with E-state index in [9.17, 15) is 0 Å². The molecule has 0 amide bonds. The molecule has 66 valence electrons. The zero-order valence-corrected chi connectivity index (χ0v) is 8.43. The van der Waals surface area contributed by atoms with Crippen molar-refractivity contribution in [1.29, 1.82) is 5.26 Å². The van der Waals surface area contributed by atoms with Crippen molar-refractivity contribution in [3.05, 3.63) is 29.8 Å². The normalized spacial score (nSPS) is 7.15. The average Bonchev–Trinajstić information content (AvgIpc) is 2.11. The lowest BCUT2D eigenvalue weighted by Gasteiger charge is -1.90. The lowest BCUT2D eigenvalue weighted by Crippen LogP contribution is -1.67. The van der Waals surface area contributed by atoms with Gasteiger partial charge in [-0.25, -0.2) is 0 Å². The van der Waals surface area contributed by atoms with Crippen molar-refractivity contribution < 1.29 is 0 Å². The summed E-state index contributed by atoms with van der Waals surface area (Å²) in [5.41, 5.74) is 2.09. The predicted octanol–water partition coefficient (Wildman–Crippen LogP) is 3.26. The number of aryl methyl sites for hydroxylation is 1. The minimum absolute atomic E-state index is 0.862. The summed E-state index contributed by atoms with van der Waals surface area (Å²) in [4.78, 5) is 3.81. The summed E-state index contributed by atoms with van der Waals surface area (Å²) in [5.74, 6) is 0. The number of rotatable bonds is 1. The Morgan fingerprint density at radius 2 is 1.77 bits per heavy atom. The maximum atomic E-state index is 7.32. The third kappa shape index (κ3) is 5.75. The molecule has 0 saturated heterocycles. The molecule has 0 saturated carbocycles. The Bertz CT molecular complexity index is 329. The van der Waals surface area contributed by atoms with Crippen LogP contribution in [0.15, 0.2) is 29.3 Å². The summed E-state index contributed by atoms with van der Waals surface area (Å²) < 4.78 is 0. The molecule has 13 heavy (non-hydrogen) atoms. The third-order valence-corrected chi connectivity index (χ3v) is 1.30. The Balaban J connectivity index is 0.000000424. The number of benzene rings is 1. The van der Waals surface area contributed by atoms with Crippen LogP contribution < -0.4 is 0 Å². The molecule has 0 bridgehead atoms. The number of thiocarbonyl (C=S) groups is 1. The summed E-state index contributed by atoms with van der Waals surface area (Å²) in [6, 6.07) is 9.56. The lowest BCUT2D eigenvalue weighted by atomic mass is 10.2. The lowest BCUT2D eigenvalue weighted by molar-refractivity contribution is 1.44. The molecule has 0 radical (unpaired) electrons. The van der Waals surface area contributed by atoms with Crippen molar-refractivity contribution in [2.75, 3.05) is 0 Å². The first kappa shape index (κ1) is 11.5. The molecule has 0 atom stereocenters. The van der Waals surface area contributed by atoms with Crippen LogP contribution in [0.2, 0.25) is 0 Å². The van der Waals surface area contributed by atoms with E-state index in [1.165, 1.54) is 12.5 Å². The van der Waals surface area contributed by atoms with Crippen LogP contribution >= 0.6 is 12.2 Å². The third-order valence-electron chi connectivity index (χ3n) is 1.21. The smallest absolute Gasteiger partial charge is 0.0739 e. The Morgan fingerprint density at radius 1 is 1.31 bits per heavy atom. The number of hydrogen-bond donors (Lipinski definition) is 0. The van der Waals surface area contributed by atoms with E-state index < -0.39 is 0 Å². The van der Waals surface area contributed by atoms with Gasteiger partial charge in [0.15, 0.2) is 0 Å². The van der Waals surface area contributed by atoms with Crippen molar-refractivity contribution in [2.24, 2.45) is 4.99 Å². The molecular weight excluding hydrogens is 180 g/mol. The van der Waals surface area contributed by atoms with Crippen LogP contribution in [0.4, 0.5) is 5.69 Å². The molecule has 0 aliphatic rings. The zero-order valence-electron chi connectivity index (χ0n) is 7.61. The van der Waals surface area contributed by atoms with Crippen LogP contribution in [-0.4, -0.2) is 5.16 Å². The number of aliphatic imine (C=N–C) groups is 1. The molecule has 0 heterocycles. The fourth-order valence-electron chi connectivity index (χ4n) is 0.672. The highest BCUT2D eigenvalue weighted by atomic mass is 32.1. The van der Waals surface area contributed by atoms with E-state index in [0.717, 1.165) is 5.69 Å². The van der Waals surface area contributed by atoms with Gasteiger partial charge in [-0.05, 0) is 31.3 Å². The van der Waals surface area contributed by atoms with E-state index in [0.29, 0.717) is 0 Å². The van der Waals surface area contributed by atoms with Crippen molar-refractivity contribution in [1.82, 2.24) is 0 Å². The fourth-order valence-corrected chi connectivity index (χ4v) is 0.777. The second-order valence-corrected chi connectivity index (χ2v) is 2.44. The molecule has 1 aromatic carbocycles. The molecule has 0 aliphatic heterocycles. The Hall–Kier alpha value is -1.49. The van der Waals surface area contributed by atoms with Crippen molar-refractivity contribution >= 4 is 23.1 Å². The molecule has 1 aromatic rings. The van der Waals surface area contributed by atoms with E-state index >= 15 is 0 Å². The molecule has 1 rings (SSSR count). The van der Waals surface area contributed by atoms with Gasteiger partial charge in [0.1, 0.15) is 0 Å². The average molecular weight is 190 g/mol. The van der Waals surface area contributed by atoms with Crippen LogP contribution in [0.5, 0.6) is 0 Å². The minimum atomic E-state index is 0.862. The van der Waals surface area contributed by atoms with E-state index in [1.54, 1.807) is 6.07 Å². The van der Waals surface area contributed by atoms with Gasteiger partial charge in [-0.1, -0.05) is 17.7 Å². The number of isothiocyanates is 1. The van der Waals surface area contributed by atoms with Crippen LogP contribution in [0.25, 0.3) is 0 Å². The molecule has 0 spiro atoms. The van der Waals surface area contributed by atoms with Crippen LogP contribution in [-0.2, 0) is 0 Å². The highest BCUT2D eigenvalue weighted by molar-refractivity contribution is 7.78. The van der Waals surface area contributed by atoms with E-state index in [1.807, 2.05) is 31.2 Å². The van der Waals surface area contributed by atoms with Gasteiger partial charge >= 0.3 is 0 Å². The Kier molecular flexibility index (Phi) is 6.35. The van der Waals surface area contributed by atoms with Crippen molar-refractivity contribution in [3.8, 4) is 6.07 Å². The standard InChI is InChI=1S/C8H7NS.C2H3N/c1-7-2-4-8(5-3-7)9-6-10;1-2-3/h2-5H,1H3;1H3. The fraction of sp³-hybridized carbons (Fsp3) is 0.200. The van der Waals surface area contributed by atoms with Gasteiger partial charge in [-0.15, -0.1) is 0 Å². The summed E-state index contributed by atoms with van der Waals surface area (Å²) in [6.07, 6.45) is 0. The maximum absolute atomic E-state index is 7.32. The van der Waals surface area contributed by atoms with Gasteiger partial charge in [0.2, 0.25) is 0 Å². The first-order valence-corrected chi connectivity index (χ1v) is 4.10. The second kappa shape index (κ2) is 7.17. The zero-order chi connectivity index (χ0) is 10.1. The van der Waals surface area contributed by atoms with Crippen LogP contribution in [0.3, 0.4) is 0 Å². The predicted molar refractivity (Wildman–Crippen MR) is 57.2 cm³/mol. The molecule has 0 aromatic heterocycles. The van der Waals surface area contributed by atoms with E-state index in [2.05, 4.69) is 22.4 Å². The molecule has 0 aliphatic carbocycles. The quantitative estimate of drug-likeness (QED) is 0.503. The summed E-state index contributed by atoms with van der Waals surface area (Å²) in [5, 5.41) is 9.63. The minimum Gasteiger partial charge on any atom is -0.199 e. The van der Waals surface area contributed by atoms with E-state index in [4.69, 9.17) is 5.26 Å². The second-order valence-electron chi connectivity index (χ2n) is 2.26. The van der Waals surface area contributed by atoms with Gasteiger partial charge in [0.05, 0.1) is 16.9 Å². The van der Waals surface area contributed by atoms with Gasteiger partial charge < -0.3 is 0 Å².